The molecular weight excluding hydrogens is 275 g/mol. The molecule has 1 heterocycles. The molecule has 5 nitrogen and oxygen atoms in total. The topological polar surface area (TPSA) is 72.5 Å². The molecule has 1 N–H and O–H groups in total. The Morgan fingerprint density at radius 3 is 2.56 bits per heavy atom. The maximum absolute atomic E-state index is 12.6. The fourth-order valence-corrected chi connectivity index (χ4v) is 3.69. The van der Waals surface area contributed by atoms with Crippen molar-refractivity contribution in [1.82, 2.24) is 5.48 Å². The number of terminal acetylenes is 1. The summed E-state index contributed by atoms with van der Waals surface area (Å²) in [6.45, 7) is -0.318. The first-order valence-corrected chi connectivity index (χ1v) is 6.62. The van der Waals surface area contributed by atoms with Gasteiger partial charge in [0.25, 0.3) is 0 Å². The summed E-state index contributed by atoms with van der Waals surface area (Å²) in [4.78, 5) is 15.8. The van der Waals surface area contributed by atoms with Crippen molar-refractivity contribution < 1.29 is 31.2 Å². The Morgan fingerprint density at radius 1 is 1.44 bits per heavy atom. The van der Waals surface area contributed by atoms with Crippen molar-refractivity contribution in [3.63, 3.8) is 0 Å². The van der Waals surface area contributed by atoms with E-state index in [1.54, 1.807) is 5.48 Å². The number of amides is 1. The molecule has 0 bridgehead atoms. The van der Waals surface area contributed by atoms with Crippen LogP contribution in [0.5, 0.6) is 0 Å². The monoisotopic (exact) mass is 285 g/mol. The lowest BCUT2D eigenvalue weighted by atomic mass is 9.95. The lowest BCUT2D eigenvalue weighted by Gasteiger charge is -2.19. The van der Waals surface area contributed by atoms with Crippen LogP contribution in [0, 0.1) is 24.2 Å². The van der Waals surface area contributed by atoms with E-state index in [0.29, 0.717) is 0 Å². The first-order chi connectivity index (χ1) is 8.17. The molecular formula is C9H10F3NO4S. The first-order valence-electron chi connectivity index (χ1n) is 4.79. The van der Waals surface area contributed by atoms with Gasteiger partial charge in [-0.05, 0) is 0 Å². The average molecular weight is 285 g/mol. The average Bonchev–Trinajstić information content (AvgIpc) is 2.54. The summed E-state index contributed by atoms with van der Waals surface area (Å²) >= 11 is 0. The summed E-state index contributed by atoms with van der Waals surface area (Å²) in [7, 11) is -3.88. The molecule has 1 saturated heterocycles. The molecule has 0 aromatic heterocycles. The summed E-state index contributed by atoms with van der Waals surface area (Å²) in [6, 6.07) is 0. The zero-order chi connectivity index (χ0) is 14.0. The minimum atomic E-state index is -4.75. The van der Waals surface area contributed by atoms with Gasteiger partial charge >= 0.3 is 6.18 Å². The SMILES string of the molecule is C#CCONC(=O)C1CS(=O)(=O)CC1C(F)(F)F. The molecule has 0 aromatic carbocycles. The van der Waals surface area contributed by atoms with Gasteiger partial charge in [0.2, 0.25) is 5.91 Å². The van der Waals surface area contributed by atoms with Crippen LogP contribution in [0.15, 0.2) is 0 Å². The van der Waals surface area contributed by atoms with Crippen molar-refractivity contribution in [3.05, 3.63) is 0 Å². The molecule has 0 saturated carbocycles. The third-order valence-corrected chi connectivity index (χ3v) is 4.17. The maximum Gasteiger partial charge on any atom is 0.393 e. The lowest BCUT2D eigenvalue weighted by molar-refractivity contribution is -0.184. The summed E-state index contributed by atoms with van der Waals surface area (Å²) < 4.78 is 60.1. The van der Waals surface area contributed by atoms with E-state index in [9.17, 15) is 26.4 Å². The molecule has 0 aliphatic carbocycles. The molecule has 0 aromatic rings. The van der Waals surface area contributed by atoms with E-state index in [1.807, 2.05) is 5.92 Å². The van der Waals surface area contributed by atoms with Crippen molar-refractivity contribution in [2.24, 2.45) is 11.8 Å². The van der Waals surface area contributed by atoms with Crippen LogP contribution in [-0.2, 0) is 19.5 Å². The third-order valence-electron chi connectivity index (χ3n) is 2.44. The van der Waals surface area contributed by atoms with Gasteiger partial charge in [0, 0.05) is 0 Å². The Morgan fingerprint density at radius 2 is 2.06 bits per heavy atom. The summed E-state index contributed by atoms with van der Waals surface area (Å²) in [5, 5.41) is 0. The number of halogens is 3. The van der Waals surface area contributed by atoms with Gasteiger partial charge in [0.05, 0.1) is 23.3 Å². The van der Waals surface area contributed by atoms with E-state index >= 15 is 0 Å². The highest BCUT2D eigenvalue weighted by atomic mass is 32.2. The molecule has 9 heteroatoms. The van der Waals surface area contributed by atoms with Gasteiger partial charge in [0.1, 0.15) is 6.61 Å². The standard InChI is InChI=1S/C9H10F3NO4S/c1-2-3-17-13-8(14)6-4-18(15,16)5-7(6)9(10,11)12/h1,6-7H,3-5H2,(H,13,14). The van der Waals surface area contributed by atoms with Crippen LogP contribution in [0.3, 0.4) is 0 Å². The van der Waals surface area contributed by atoms with Crippen molar-refractivity contribution >= 4 is 15.7 Å². The molecule has 2 atom stereocenters. The highest BCUT2D eigenvalue weighted by Crippen LogP contribution is 2.38. The number of rotatable bonds is 3. The highest BCUT2D eigenvalue weighted by molar-refractivity contribution is 7.91. The van der Waals surface area contributed by atoms with Crippen LogP contribution < -0.4 is 5.48 Å². The van der Waals surface area contributed by atoms with E-state index in [0.717, 1.165) is 0 Å². The van der Waals surface area contributed by atoms with Crippen molar-refractivity contribution in [1.29, 1.82) is 0 Å². The Hall–Kier alpha value is -1.27. The number of alkyl halides is 3. The molecule has 1 fully saturated rings. The van der Waals surface area contributed by atoms with Crippen LogP contribution in [0.2, 0.25) is 0 Å². The van der Waals surface area contributed by atoms with Gasteiger partial charge in [-0.15, -0.1) is 6.42 Å². The number of sulfone groups is 1. The largest absolute Gasteiger partial charge is 0.393 e. The molecule has 18 heavy (non-hydrogen) atoms. The smallest absolute Gasteiger partial charge is 0.272 e. The fraction of sp³-hybridized carbons (Fsp3) is 0.667. The molecule has 1 aliphatic heterocycles. The Balaban J connectivity index is 2.79. The Labute approximate surface area is 102 Å². The van der Waals surface area contributed by atoms with E-state index in [1.165, 1.54) is 0 Å². The van der Waals surface area contributed by atoms with Gasteiger partial charge in [-0.25, -0.2) is 13.9 Å². The van der Waals surface area contributed by atoms with Crippen LogP contribution in [0.4, 0.5) is 13.2 Å². The van der Waals surface area contributed by atoms with Crippen LogP contribution >= 0.6 is 0 Å². The number of nitrogens with one attached hydrogen (secondary N) is 1. The normalized spacial score (nSPS) is 26.6. The molecule has 1 rings (SSSR count). The molecule has 1 aliphatic rings. The predicted molar refractivity (Wildman–Crippen MR) is 54.6 cm³/mol. The maximum atomic E-state index is 12.6. The van der Waals surface area contributed by atoms with E-state index in [4.69, 9.17) is 6.42 Å². The molecule has 1 amide bonds. The second kappa shape index (κ2) is 5.16. The van der Waals surface area contributed by atoms with Crippen LogP contribution in [-0.4, -0.2) is 38.6 Å². The minimum absolute atomic E-state index is 0.318. The molecule has 2 unspecified atom stereocenters. The van der Waals surface area contributed by atoms with E-state index < -0.39 is 45.3 Å². The lowest BCUT2D eigenvalue weighted by Crippen LogP contribution is -2.40. The predicted octanol–water partition coefficient (Wildman–Crippen LogP) is -0.109. The van der Waals surface area contributed by atoms with Gasteiger partial charge in [-0.2, -0.15) is 13.2 Å². The molecule has 0 radical (unpaired) electrons. The number of hydrogen-bond acceptors (Lipinski definition) is 4. The summed E-state index contributed by atoms with van der Waals surface area (Å²) in [5.41, 5.74) is 1.72. The van der Waals surface area contributed by atoms with E-state index in [2.05, 4.69) is 4.84 Å². The Kier molecular flexibility index (Phi) is 4.24. The molecule has 102 valence electrons. The zero-order valence-corrected chi connectivity index (χ0v) is 9.85. The first kappa shape index (κ1) is 14.8. The van der Waals surface area contributed by atoms with Crippen molar-refractivity contribution in [2.75, 3.05) is 18.1 Å². The van der Waals surface area contributed by atoms with Gasteiger partial charge < -0.3 is 0 Å². The third kappa shape index (κ3) is 3.61. The second-order valence-electron chi connectivity index (χ2n) is 3.79. The highest BCUT2D eigenvalue weighted by Gasteiger charge is 2.55. The Bertz CT molecular complexity index is 465. The summed E-state index contributed by atoms with van der Waals surface area (Å²) in [5.74, 6) is -4.97. The van der Waals surface area contributed by atoms with Crippen LogP contribution in [0.1, 0.15) is 0 Å². The van der Waals surface area contributed by atoms with Crippen molar-refractivity contribution in [2.45, 2.75) is 6.18 Å². The number of hydroxylamine groups is 1. The second-order valence-corrected chi connectivity index (χ2v) is 5.94. The van der Waals surface area contributed by atoms with Gasteiger partial charge in [-0.1, -0.05) is 5.92 Å². The van der Waals surface area contributed by atoms with Crippen molar-refractivity contribution in [3.8, 4) is 12.3 Å². The zero-order valence-electron chi connectivity index (χ0n) is 9.03. The van der Waals surface area contributed by atoms with E-state index in [-0.39, 0.29) is 6.61 Å². The minimum Gasteiger partial charge on any atom is -0.272 e. The van der Waals surface area contributed by atoms with Gasteiger partial charge in [0.15, 0.2) is 9.84 Å². The summed E-state index contributed by atoms with van der Waals surface area (Å²) in [6.07, 6.45) is 0.0534. The molecule has 0 spiro atoms. The quantitative estimate of drug-likeness (QED) is 0.446. The number of carbonyl (C=O) groups excluding carboxylic acids is 1. The number of hydrogen-bond donors (Lipinski definition) is 1. The van der Waals surface area contributed by atoms with Gasteiger partial charge in [-0.3, -0.25) is 9.63 Å². The number of carbonyl (C=O) groups is 1. The van der Waals surface area contributed by atoms with Crippen LogP contribution in [0.25, 0.3) is 0 Å². The fourth-order valence-electron chi connectivity index (χ4n) is 1.65.